The van der Waals surface area contributed by atoms with Crippen molar-refractivity contribution in [2.45, 2.75) is 4.90 Å². The molecule has 62 valence electrons. The van der Waals surface area contributed by atoms with Crippen LogP contribution in [0.5, 0.6) is 0 Å². The summed E-state index contributed by atoms with van der Waals surface area (Å²) in [6, 6.07) is 9.81. The van der Waals surface area contributed by atoms with Gasteiger partial charge in [0.2, 0.25) is 0 Å². The Morgan fingerprint density at radius 3 is 3.00 bits per heavy atom. The minimum atomic E-state index is 0.737. The van der Waals surface area contributed by atoms with E-state index < -0.39 is 0 Å². The van der Waals surface area contributed by atoms with E-state index in [1.807, 2.05) is 24.3 Å². The van der Waals surface area contributed by atoms with Crippen LogP contribution in [0.2, 0.25) is 0 Å². The summed E-state index contributed by atoms with van der Waals surface area (Å²) >= 11 is 3.55. The van der Waals surface area contributed by atoms with Crippen molar-refractivity contribution >= 4 is 23.5 Å². The van der Waals surface area contributed by atoms with E-state index in [9.17, 15) is 0 Å². The maximum absolute atomic E-state index is 8.62. The van der Waals surface area contributed by atoms with E-state index in [2.05, 4.69) is 12.3 Å². The zero-order chi connectivity index (χ0) is 8.81. The third kappa shape index (κ3) is 2.80. The molecule has 0 fully saturated rings. The lowest BCUT2D eigenvalue weighted by molar-refractivity contribution is 1.41. The molecule has 1 rings (SSSR count). The van der Waals surface area contributed by atoms with Crippen molar-refractivity contribution in [1.29, 1.82) is 5.26 Å². The fraction of sp³-hybridized carbons (Fsp3) is 0.222. The Hall–Kier alpha value is -0.590. The first-order valence-corrected chi connectivity index (χ1v) is 5.86. The second-order valence-corrected chi connectivity index (χ2v) is 4.47. The number of rotatable bonds is 3. The van der Waals surface area contributed by atoms with Gasteiger partial charge in [0.05, 0.1) is 11.6 Å². The first kappa shape index (κ1) is 9.50. The van der Waals surface area contributed by atoms with Crippen molar-refractivity contribution in [2.75, 3.05) is 11.3 Å². The number of nitriles is 1. The number of nitrogens with zero attached hydrogens (tertiary/aromatic N) is 1. The van der Waals surface area contributed by atoms with Crippen molar-refractivity contribution in [3.05, 3.63) is 29.8 Å². The zero-order valence-corrected chi connectivity index (χ0v) is 8.41. The van der Waals surface area contributed by atoms with Gasteiger partial charge in [0.15, 0.2) is 0 Å². The molecule has 12 heavy (non-hydrogen) atoms. The van der Waals surface area contributed by atoms with Crippen LogP contribution in [0.1, 0.15) is 5.56 Å². The molecule has 0 atom stereocenters. The fourth-order valence-electron chi connectivity index (χ4n) is 0.782. The van der Waals surface area contributed by atoms with E-state index in [0.717, 1.165) is 10.6 Å². The summed E-state index contributed by atoms with van der Waals surface area (Å²) < 4.78 is 0. The highest BCUT2D eigenvalue weighted by atomic mass is 32.2. The molecule has 0 saturated carbocycles. The van der Waals surface area contributed by atoms with Crippen LogP contribution in [0.4, 0.5) is 0 Å². The van der Waals surface area contributed by atoms with E-state index in [4.69, 9.17) is 5.26 Å². The average Bonchev–Trinajstić information content (AvgIpc) is 2.15. The Morgan fingerprint density at radius 2 is 2.33 bits per heavy atom. The topological polar surface area (TPSA) is 23.8 Å². The quantitative estimate of drug-likeness (QED) is 0.547. The van der Waals surface area contributed by atoms with Crippen LogP contribution in [-0.4, -0.2) is 11.3 Å². The first-order chi connectivity index (χ1) is 5.86. The standard InChI is InChI=1S/C9H9NS2/c1-11-7-12-9-4-2-3-8(5-9)6-10/h2-5H,7H2,1H3. The SMILES string of the molecule is CSCSc1cccc(C#N)c1. The van der Waals surface area contributed by atoms with Gasteiger partial charge in [-0.05, 0) is 24.5 Å². The molecule has 0 heterocycles. The Bertz CT molecular complexity index is 291. The van der Waals surface area contributed by atoms with Crippen LogP contribution in [0.3, 0.4) is 0 Å². The van der Waals surface area contributed by atoms with Crippen LogP contribution in [0.15, 0.2) is 29.2 Å². The van der Waals surface area contributed by atoms with Crippen LogP contribution in [0.25, 0.3) is 0 Å². The summed E-state index contributed by atoms with van der Waals surface area (Å²) in [7, 11) is 0. The molecule has 1 aromatic rings. The summed E-state index contributed by atoms with van der Waals surface area (Å²) in [5, 5.41) is 9.66. The lowest BCUT2D eigenvalue weighted by Gasteiger charge is -1.98. The summed E-state index contributed by atoms with van der Waals surface area (Å²) in [5.74, 6) is 0. The molecular weight excluding hydrogens is 186 g/mol. The molecule has 0 amide bonds. The summed E-state index contributed by atoms with van der Waals surface area (Å²) in [6.07, 6.45) is 2.07. The molecule has 1 nitrogen and oxygen atoms in total. The Balaban J connectivity index is 2.68. The second-order valence-electron chi connectivity index (χ2n) is 2.19. The maximum Gasteiger partial charge on any atom is 0.0992 e. The van der Waals surface area contributed by atoms with E-state index in [-0.39, 0.29) is 0 Å². The summed E-state index contributed by atoms with van der Waals surface area (Å²) in [5.41, 5.74) is 0.737. The smallest absolute Gasteiger partial charge is 0.0992 e. The normalized spacial score (nSPS) is 9.33. The second kappa shape index (κ2) is 5.13. The highest BCUT2D eigenvalue weighted by Crippen LogP contribution is 2.21. The predicted molar refractivity (Wildman–Crippen MR) is 55.4 cm³/mol. The van der Waals surface area contributed by atoms with Gasteiger partial charge in [-0.3, -0.25) is 0 Å². The van der Waals surface area contributed by atoms with Crippen LogP contribution < -0.4 is 0 Å². The summed E-state index contributed by atoms with van der Waals surface area (Å²) in [6.45, 7) is 0. The van der Waals surface area contributed by atoms with Gasteiger partial charge in [-0.15, -0.1) is 11.8 Å². The van der Waals surface area contributed by atoms with E-state index >= 15 is 0 Å². The molecule has 0 aliphatic heterocycles. The molecule has 3 heteroatoms. The molecule has 0 aliphatic rings. The van der Waals surface area contributed by atoms with E-state index in [1.165, 1.54) is 4.90 Å². The van der Waals surface area contributed by atoms with Crippen molar-refractivity contribution < 1.29 is 0 Å². The molecule has 0 aliphatic carbocycles. The largest absolute Gasteiger partial charge is 0.192 e. The van der Waals surface area contributed by atoms with Gasteiger partial charge in [0.1, 0.15) is 0 Å². The average molecular weight is 195 g/mol. The monoisotopic (exact) mass is 195 g/mol. The van der Waals surface area contributed by atoms with Crippen molar-refractivity contribution in [3.8, 4) is 6.07 Å². The maximum atomic E-state index is 8.62. The number of thioether (sulfide) groups is 2. The molecule has 0 spiro atoms. The van der Waals surface area contributed by atoms with Gasteiger partial charge in [0, 0.05) is 9.98 Å². The minimum Gasteiger partial charge on any atom is -0.192 e. The van der Waals surface area contributed by atoms with Gasteiger partial charge < -0.3 is 0 Å². The molecule has 0 saturated heterocycles. The minimum absolute atomic E-state index is 0.737. The molecular formula is C9H9NS2. The Kier molecular flexibility index (Phi) is 4.06. The first-order valence-electron chi connectivity index (χ1n) is 3.48. The van der Waals surface area contributed by atoms with Gasteiger partial charge in [-0.2, -0.15) is 17.0 Å². The third-order valence-electron chi connectivity index (χ3n) is 1.31. The highest BCUT2D eigenvalue weighted by molar-refractivity contribution is 8.15. The number of benzene rings is 1. The van der Waals surface area contributed by atoms with Gasteiger partial charge in [-0.25, -0.2) is 0 Å². The lowest BCUT2D eigenvalue weighted by Crippen LogP contribution is -1.76. The van der Waals surface area contributed by atoms with Crippen LogP contribution in [0, 0.1) is 11.3 Å². The van der Waals surface area contributed by atoms with E-state index in [1.54, 1.807) is 23.5 Å². The summed E-state index contributed by atoms with van der Waals surface area (Å²) in [4.78, 5) is 1.17. The molecule has 0 unspecified atom stereocenters. The van der Waals surface area contributed by atoms with Gasteiger partial charge >= 0.3 is 0 Å². The van der Waals surface area contributed by atoms with Crippen LogP contribution in [-0.2, 0) is 0 Å². The fourth-order valence-corrected chi connectivity index (χ4v) is 2.18. The Morgan fingerprint density at radius 1 is 1.50 bits per heavy atom. The molecule has 1 aromatic carbocycles. The van der Waals surface area contributed by atoms with Crippen molar-refractivity contribution in [1.82, 2.24) is 0 Å². The van der Waals surface area contributed by atoms with E-state index in [0.29, 0.717) is 0 Å². The van der Waals surface area contributed by atoms with Crippen molar-refractivity contribution in [2.24, 2.45) is 0 Å². The molecule has 0 aromatic heterocycles. The predicted octanol–water partition coefficient (Wildman–Crippen LogP) is 2.97. The highest BCUT2D eigenvalue weighted by Gasteiger charge is 1.94. The number of hydrogen-bond donors (Lipinski definition) is 0. The zero-order valence-electron chi connectivity index (χ0n) is 6.78. The Labute approximate surface area is 81.2 Å². The van der Waals surface area contributed by atoms with Gasteiger partial charge in [0.25, 0.3) is 0 Å². The number of hydrogen-bond acceptors (Lipinski definition) is 3. The molecule has 0 bridgehead atoms. The third-order valence-corrected chi connectivity index (χ3v) is 3.31. The molecule has 0 N–H and O–H groups in total. The van der Waals surface area contributed by atoms with Crippen LogP contribution >= 0.6 is 23.5 Å². The molecule has 0 radical (unpaired) electrons. The van der Waals surface area contributed by atoms with Crippen molar-refractivity contribution in [3.63, 3.8) is 0 Å². The van der Waals surface area contributed by atoms with Gasteiger partial charge in [-0.1, -0.05) is 6.07 Å². The lowest BCUT2D eigenvalue weighted by atomic mass is 10.2.